The van der Waals surface area contributed by atoms with Crippen molar-refractivity contribution < 1.29 is 36.2 Å². The Bertz CT molecular complexity index is 1340. The van der Waals surface area contributed by atoms with Gasteiger partial charge in [0.1, 0.15) is 5.78 Å². The molecule has 0 radical (unpaired) electrons. The number of Topliss-reactive ketones (excluding diaryl/α,β-unsaturated/α-hetero) is 1. The second kappa shape index (κ2) is 10.9. The molecular weight excluding hydrogens is 567 g/mol. The molecule has 2 aromatic carbocycles. The number of fused-ring (bicyclic) bond motifs is 2. The van der Waals surface area contributed by atoms with E-state index in [9.17, 15) is 31.5 Å². The quantitative estimate of drug-likeness (QED) is 0.494. The summed E-state index contributed by atoms with van der Waals surface area (Å²) in [6.45, 7) is 2.58. The van der Waals surface area contributed by atoms with Crippen LogP contribution in [-0.4, -0.2) is 92.2 Å². The molecule has 13 heteroatoms. The Morgan fingerprint density at radius 3 is 2.25 bits per heavy atom. The van der Waals surface area contributed by atoms with Gasteiger partial charge < -0.3 is 14.7 Å². The first-order chi connectivity index (χ1) is 18.8. The lowest BCUT2D eigenvalue weighted by molar-refractivity contribution is -0.258. The molecule has 3 heterocycles. The largest absolute Gasteiger partial charge is 0.421 e. The number of piperidine rings is 1. The Morgan fingerprint density at radius 1 is 1.02 bits per heavy atom. The van der Waals surface area contributed by atoms with Gasteiger partial charge in [-0.05, 0) is 36.8 Å². The molecule has 3 aliphatic rings. The van der Waals surface area contributed by atoms with Crippen LogP contribution in [0.15, 0.2) is 58.3 Å². The average molecular weight is 600 g/mol. The minimum Gasteiger partial charge on any atom is -0.378 e. The van der Waals surface area contributed by atoms with E-state index in [0.29, 0.717) is 56.7 Å². The second-order valence-corrected chi connectivity index (χ2v) is 13.2. The van der Waals surface area contributed by atoms with E-state index in [1.807, 2.05) is 4.90 Å². The number of alkyl halides is 3. The van der Waals surface area contributed by atoms with Crippen molar-refractivity contribution in [3.05, 3.63) is 54.1 Å². The average Bonchev–Trinajstić information content (AvgIpc) is 2.89. The fourth-order valence-corrected chi connectivity index (χ4v) is 7.89. The van der Waals surface area contributed by atoms with Gasteiger partial charge in [-0.15, -0.1) is 12.6 Å². The number of anilines is 1. The zero-order chi connectivity index (χ0) is 28.9. The first-order valence-electron chi connectivity index (χ1n) is 13.1. The molecule has 0 aromatic heterocycles. The highest BCUT2D eigenvalue weighted by Gasteiger charge is 2.51. The number of ether oxygens (including phenoxy) is 1. The first kappa shape index (κ1) is 29.3. The van der Waals surface area contributed by atoms with E-state index in [1.165, 1.54) is 34.6 Å². The molecule has 1 N–H and O–H groups in total. The highest BCUT2D eigenvalue weighted by molar-refractivity contribution is 7.90. The number of carbonyl (C=O) groups is 1. The molecule has 2 bridgehead atoms. The summed E-state index contributed by atoms with van der Waals surface area (Å²) in [7, 11) is -3.87. The Hall–Kier alpha value is -2.16. The maximum Gasteiger partial charge on any atom is 0.421 e. The number of sulfonamides is 1. The number of nitrogens with zero attached hydrogens (tertiary/aromatic N) is 3. The molecule has 0 spiro atoms. The summed E-state index contributed by atoms with van der Waals surface area (Å²) in [5, 5.41) is 10.1. The van der Waals surface area contributed by atoms with Crippen molar-refractivity contribution in [2.45, 2.75) is 59.5 Å². The van der Waals surface area contributed by atoms with Crippen molar-refractivity contribution in [3.8, 4) is 0 Å². The van der Waals surface area contributed by atoms with Gasteiger partial charge in [0.15, 0.2) is 5.60 Å². The number of carbonyl (C=O) groups excluding carboxylic acids is 1. The van der Waals surface area contributed by atoms with Crippen LogP contribution in [0.1, 0.15) is 25.3 Å². The van der Waals surface area contributed by atoms with E-state index in [0.717, 1.165) is 0 Å². The van der Waals surface area contributed by atoms with Crippen LogP contribution in [-0.2, 0) is 25.2 Å². The fourth-order valence-electron chi connectivity index (χ4n) is 5.83. The Kier molecular flexibility index (Phi) is 8.01. The summed E-state index contributed by atoms with van der Waals surface area (Å²) in [6.07, 6.45) is -4.12. The number of benzene rings is 2. The number of hydrogen-bond donors (Lipinski definition) is 2. The molecule has 218 valence electrons. The molecule has 0 saturated carbocycles. The van der Waals surface area contributed by atoms with Crippen LogP contribution in [0.2, 0.25) is 0 Å². The zero-order valence-electron chi connectivity index (χ0n) is 21.9. The smallest absolute Gasteiger partial charge is 0.378 e. The third-order valence-corrected chi connectivity index (χ3v) is 10.6. The molecule has 4 atom stereocenters. The van der Waals surface area contributed by atoms with E-state index < -0.39 is 21.8 Å². The Labute approximate surface area is 237 Å². The van der Waals surface area contributed by atoms with Gasteiger partial charge >= 0.3 is 6.18 Å². The number of halogens is 3. The van der Waals surface area contributed by atoms with Crippen LogP contribution in [0.5, 0.6) is 0 Å². The summed E-state index contributed by atoms with van der Waals surface area (Å²) in [5.41, 5.74) is -2.67. The lowest BCUT2D eigenvalue weighted by atomic mass is 9.92. The molecule has 2 aromatic rings. The summed E-state index contributed by atoms with van der Waals surface area (Å²) < 4.78 is 74.5. The Morgan fingerprint density at radius 2 is 1.65 bits per heavy atom. The molecular formula is C27H32F3N3O5S2. The Balaban J connectivity index is 1.45. The highest BCUT2D eigenvalue weighted by atomic mass is 32.2. The fraction of sp³-hybridized carbons (Fsp3) is 0.519. The van der Waals surface area contributed by atoms with Crippen molar-refractivity contribution in [3.63, 3.8) is 0 Å². The summed E-state index contributed by atoms with van der Waals surface area (Å²) in [5.74, 6) is 0.178. The first-order valence-corrected chi connectivity index (χ1v) is 15.0. The molecule has 0 aliphatic carbocycles. The van der Waals surface area contributed by atoms with Crippen LogP contribution in [0, 0.1) is 0 Å². The topological polar surface area (TPSA) is 90.4 Å². The van der Waals surface area contributed by atoms with Crippen molar-refractivity contribution in [2.24, 2.45) is 0 Å². The summed E-state index contributed by atoms with van der Waals surface area (Å²) in [6, 6.07) is 11.5. The molecule has 0 amide bonds. The third kappa shape index (κ3) is 5.51. The van der Waals surface area contributed by atoms with E-state index >= 15 is 0 Å². The molecule has 3 aliphatic heterocycles. The SMILES string of the molecule is C[C@@](O)(c1ccc(N2CCN(S(=O)(=O)c3ccccc3S)C[C@@H]2CN2C3COCC2CC(=O)C3)cc1)C(F)(F)F. The number of piperazine rings is 1. The van der Waals surface area contributed by atoms with Crippen molar-refractivity contribution in [2.75, 3.05) is 44.3 Å². The minimum absolute atomic E-state index is 0.109. The number of hydrogen-bond acceptors (Lipinski definition) is 8. The summed E-state index contributed by atoms with van der Waals surface area (Å²) >= 11 is 4.35. The summed E-state index contributed by atoms with van der Waals surface area (Å²) in [4.78, 5) is 16.9. The number of thiol groups is 1. The molecule has 3 fully saturated rings. The lowest BCUT2D eigenvalue weighted by Crippen LogP contribution is -2.64. The second-order valence-electron chi connectivity index (χ2n) is 10.8. The predicted octanol–water partition coefficient (Wildman–Crippen LogP) is 3.06. The molecule has 40 heavy (non-hydrogen) atoms. The maximum absolute atomic E-state index is 13.6. The van der Waals surface area contributed by atoms with E-state index in [1.54, 1.807) is 18.2 Å². The number of rotatable bonds is 6. The number of morpholine rings is 1. The van der Waals surface area contributed by atoms with Gasteiger partial charge in [0.05, 0.1) is 24.2 Å². The molecule has 5 rings (SSSR count). The van der Waals surface area contributed by atoms with Crippen LogP contribution >= 0.6 is 12.6 Å². The van der Waals surface area contributed by atoms with Crippen LogP contribution in [0.25, 0.3) is 0 Å². The molecule has 2 unspecified atom stereocenters. The van der Waals surface area contributed by atoms with Crippen molar-refractivity contribution in [1.29, 1.82) is 0 Å². The van der Waals surface area contributed by atoms with Gasteiger partial charge in [-0.2, -0.15) is 17.5 Å². The van der Waals surface area contributed by atoms with Gasteiger partial charge in [-0.3, -0.25) is 9.69 Å². The molecule has 8 nitrogen and oxygen atoms in total. The maximum atomic E-state index is 13.6. The zero-order valence-corrected chi connectivity index (χ0v) is 23.6. The van der Waals surface area contributed by atoms with Gasteiger partial charge in [-0.25, -0.2) is 8.42 Å². The van der Waals surface area contributed by atoms with Crippen molar-refractivity contribution >= 4 is 34.1 Å². The predicted molar refractivity (Wildman–Crippen MR) is 145 cm³/mol. The van der Waals surface area contributed by atoms with E-state index in [-0.39, 0.29) is 47.5 Å². The monoisotopic (exact) mass is 599 g/mol. The van der Waals surface area contributed by atoms with Crippen LogP contribution in [0.4, 0.5) is 18.9 Å². The van der Waals surface area contributed by atoms with Crippen LogP contribution < -0.4 is 4.90 Å². The van der Waals surface area contributed by atoms with E-state index in [4.69, 9.17) is 4.74 Å². The standard InChI is InChI=1S/C27H32F3N3O5S2/c1-26(35,27(28,29)30)18-6-8-19(9-7-18)32-11-10-31(40(36,37)25-5-3-2-4-24(25)39)14-22(32)15-33-20-12-23(34)13-21(33)17-38-16-20/h2-9,20-22,35,39H,10-17H2,1H3/t20?,21?,22-,26-/m1/s1. The normalized spacial score (nSPS) is 26.5. The molecule has 3 saturated heterocycles. The number of ketones is 1. The minimum atomic E-state index is -4.84. The van der Waals surface area contributed by atoms with Gasteiger partial charge in [-0.1, -0.05) is 24.3 Å². The van der Waals surface area contributed by atoms with Gasteiger partial charge in [0.25, 0.3) is 0 Å². The van der Waals surface area contributed by atoms with Gasteiger partial charge in [0, 0.05) is 61.7 Å². The lowest BCUT2D eigenvalue weighted by Gasteiger charge is -2.50. The van der Waals surface area contributed by atoms with Crippen LogP contribution in [0.3, 0.4) is 0 Å². The van der Waals surface area contributed by atoms with Crippen molar-refractivity contribution in [1.82, 2.24) is 9.21 Å². The highest BCUT2D eigenvalue weighted by Crippen LogP contribution is 2.39. The number of aliphatic hydroxyl groups is 1. The third-order valence-electron chi connectivity index (χ3n) is 8.15. The van der Waals surface area contributed by atoms with Gasteiger partial charge in [0.2, 0.25) is 10.0 Å². The van der Waals surface area contributed by atoms with E-state index in [2.05, 4.69) is 17.5 Å².